The Balaban J connectivity index is 1.27. The minimum atomic E-state index is -1.12. The molecule has 1 amide bonds. The van der Waals surface area contributed by atoms with Gasteiger partial charge in [-0.3, -0.25) is 9.69 Å². The molecule has 2 heterocycles. The Morgan fingerprint density at radius 2 is 1.89 bits per heavy atom. The van der Waals surface area contributed by atoms with Gasteiger partial charge < -0.3 is 20.5 Å². The third-order valence-electron chi connectivity index (χ3n) is 7.22. The first kappa shape index (κ1) is 24.4. The summed E-state index contributed by atoms with van der Waals surface area (Å²) in [7, 11) is 1.79. The predicted octanol–water partition coefficient (Wildman–Crippen LogP) is 3.85. The molecule has 0 aromatic heterocycles. The quantitative estimate of drug-likeness (QED) is 0.575. The number of aliphatic hydroxyl groups excluding tert-OH is 1. The lowest BCUT2D eigenvalue weighted by molar-refractivity contribution is 0.0439. The minimum Gasteiger partial charge on any atom is -0.384 e. The lowest BCUT2D eigenvalue weighted by Gasteiger charge is -2.32. The van der Waals surface area contributed by atoms with Gasteiger partial charge in [-0.2, -0.15) is 0 Å². The number of hydrogen-bond donors (Lipinski definition) is 3. The van der Waals surface area contributed by atoms with Crippen molar-refractivity contribution in [2.75, 3.05) is 26.7 Å². The fourth-order valence-electron chi connectivity index (χ4n) is 5.05. The van der Waals surface area contributed by atoms with Gasteiger partial charge in [-0.1, -0.05) is 36.4 Å². The van der Waals surface area contributed by atoms with Gasteiger partial charge in [0.1, 0.15) is 5.82 Å². The largest absolute Gasteiger partial charge is 0.384 e. The van der Waals surface area contributed by atoms with Gasteiger partial charge in [0.05, 0.1) is 6.10 Å². The van der Waals surface area contributed by atoms with E-state index in [9.17, 15) is 14.3 Å². The number of benzene rings is 2. The van der Waals surface area contributed by atoms with Crippen LogP contribution in [0.5, 0.6) is 0 Å². The summed E-state index contributed by atoms with van der Waals surface area (Å²) in [5, 5.41) is 16.7. The van der Waals surface area contributed by atoms with E-state index in [0.29, 0.717) is 22.8 Å². The molecule has 5 rings (SSSR count). The van der Waals surface area contributed by atoms with Crippen molar-refractivity contribution in [3.8, 4) is 11.1 Å². The molecular formula is C29H32FN3O3. The van der Waals surface area contributed by atoms with Crippen molar-refractivity contribution in [1.82, 2.24) is 15.5 Å². The number of carbonyl (C=O) groups is 1. The van der Waals surface area contributed by atoms with Gasteiger partial charge in [-0.05, 0) is 65.8 Å². The lowest BCUT2D eigenvalue weighted by Crippen LogP contribution is -2.41. The van der Waals surface area contributed by atoms with E-state index in [1.54, 1.807) is 31.5 Å². The number of ether oxygens (including phenoxy) is 1. The maximum atomic E-state index is 13.4. The molecule has 1 aliphatic carbocycles. The highest BCUT2D eigenvalue weighted by Crippen LogP contribution is 2.31. The van der Waals surface area contributed by atoms with Crippen LogP contribution in [0.25, 0.3) is 16.7 Å². The lowest BCUT2D eigenvalue weighted by atomic mass is 9.91. The SMILES string of the molecule is COC1CCN(CC2=CCC(N/C=C3/c4cc(-c5ccc(F)cc5)ccc4C(=O)NC3O)C=C2)CC1. The van der Waals surface area contributed by atoms with Gasteiger partial charge in [0.25, 0.3) is 5.91 Å². The molecule has 3 aliphatic rings. The van der Waals surface area contributed by atoms with Crippen LogP contribution in [0.1, 0.15) is 35.2 Å². The topological polar surface area (TPSA) is 73.8 Å². The summed E-state index contributed by atoms with van der Waals surface area (Å²) in [4.78, 5) is 14.9. The summed E-state index contributed by atoms with van der Waals surface area (Å²) in [6.45, 7) is 3.06. The number of aliphatic hydroxyl groups is 1. The molecule has 2 aliphatic heterocycles. The Labute approximate surface area is 211 Å². The first-order chi connectivity index (χ1) is 17.5. The summed E-state index contributed by atoms with van der Waals surface area (Å²) in [5.41, 5.74) is 4.76. The Hall–Kier alpha value is -3.26. The second-order valence-corrected chi connectivity index (χ2v) is 9.60. The summed E-state index contributed by atoms with van der Waals surface area (Å²) >= 11 is 0. The van der Waals surface area contributed by atoms with Crippen molar-refractivity contribution in [3.05, 3.63) is 89.4 Å². The molecule has 0 saturated carbocycles. The number of piperidine rings is 1. The molecule has 7 heteroatoms. The Morgan fingerprint density at radius 3 is 2.58 bits per heavy atom. The second kappa shape index (κ2) is 10.8. The van der Waals surface area contributed by atoms with Crippen LogP contribution in [-0.4, -0.2) is 61.0 Å². The number of methoxy groups -OCH3 is 1. The molecule has 2 atom stereocenters. The van der Waals surface area contributed by atoms with E-state index in [1.165, 1.54) is 17.7 Å². The van der Waals surface area contributed by atoms with Gasteiger partial charge in [0, 0.05) is 50.1 Å². The Kier molecular flexibility index (Phi) is 7.32. The van der Waals surface area contributed by atoms with Gasteiger partial charge in [-0.15, -0.1) is 0 Å². The zero-order valence-corrected chi connectivity index (χ0v) is 20.4. The average Bonchev–Trinajstić information content (AvgIpc) is 2.90. The number of halogens is 1. The molecule has 0 bridgehead atoms. The number of hydrogen-bond acceptors (Lipinski definition) is 5. The number of rotatable bonds is 6. The molecule has 1 fully saturated rings. The summed E-state index contributed by atoms with van der Waals surface area (Å²) in [6.07, 6.45) is 10.6. The van der Waals surface area contributed by atoms with Crippen molar-refractivity contribution in [2.24, 2.45) is 0 Å². The van der Waals surface area contributed by atoms with Gasteiger partial charge >= 0.3 is 0 Å². The van der Waals surface area contributed by atoms with Crippen LogP contribution in [0.15, 0.2) is 72.5 Å². The molecule has 6 nitrogen and oxygen atoms in total. The van der Waals surface area contributed by atoms with Crippen molar-refractivity contribution < 1.29 is 19.0 Å². The van der Waals surface area contributed by atoms with E-state index in [2.05, 4.69) is 33.8 Å². The maximum absolute atomic E-state index is 13.4. The highest BCUT2D eigenvalue weighted by Gasteiger charge is 2.28. The summed E-state index contributed by atoms with van der Waals surface area (Å²) in [6, 6.07) is 11.8. The van der Waals surface area contributed by atoms with Gasteiger partial charge in [0.2, 0.25) is 0 Å². The number of amides is 1. The highest BCUT2D eigenvalue weighted by molar-refractivity contribution is 6.04. The number of likely N-dealkylation sites (tertiary alicyclic amines) is 1. The first-order valence-corrected chi connectivity index (χ1v) is 12.5. The minimum absolute atomic E-state index is 0.0917. The highest BCUT2D eigenvalue weighted by atomic mass is 19.1. The smallest absolute Gasteiger partial charge is 0.254 e. The number of fused-ring (bicyclic) bond motifs is 1. The molecule has 36 heavy (non-hydrogen) atoms. The van der Waals surface area contributed by atoms with Gasteiger partial charge in [0.15, 0.2) is 6.23 Å². The molecule has 2 aromatic rings. The third-order valence-corrected chi connectivity index (χ3v) is 7.22. The number of nitrogens with one attached hydrogen (secondary N) is 2. The molecular weight excluding hydrogens is 457 g/mol. The molecule has 2 aromatic carbocycles. The monoisotopic (exact) mass is 489 g/mol. The summed E-state index contributed by atoms with van der Waals surface area (Å²) in [5.74, 6) is -0.621. The average molecular weight is 490 g/mol. The summed E-state index contributed by atoms with van der Waals surface area (Å²) < 4.78 is 18.8. The molecule has 1 saturated heterocycles. The maximum Gasteiger partial charge on any atom is 0.254 e. The van der Waals surface area contributed by atoms with E-state index in [1.807, 2.05) is 12.1 Å². The molecule has 188 valence electrons. The van der Waals surface area contributed by atoms with Crippen LogP contribution in [0.4, 0.5) is 4.39 Å². The van der Waals surface area contributed by atoms with Crippen LogP contribution < -0.4 is 10.6 Å². The van der Waals surface area contributed by atoms with Crippen molar-refractivity contribution in [3.63, 3.8) is 0 Å². The van der Waals surface area contributed by atoms with E-state index in [-0.39, 0.29) is 17.8 Å². The van der Waals surface area contributed by atoms with Crippen LogP contribution in [0, 0.1) is 5.82 Å². The normalized spacial score (nSPS) is 23.8. The van der Waals surface area contributed by atoms with E-state index < -0.39 is 6.23 Å². The fraction of sp³-hybridized carbons (Fsp3) is 0.345. The fourth-order valence-corrected chi connectivity index (χ4v) is 5.05. The number of nitrogens with zero attached hydrogens (tertiary/aromatic N) is 1. The predicted molar refractivity (Wildman–Crippen MR) is 139 cm³/mol. The van der Waals surface area contributed by atoms with Crippen molar-refractivity contribution in [2.45, 2.75) is 37.6 Å². The van der Waals surface area contributed by atoms with E-state index >= 15 is 0 Å². The zero-order chi connectivity index (χ0) is 25.1. The second-order valence-electron chi connectivity index (χ2n) is 9.60. The zero-order valence-electron chi connectivity index (χ0n) is 20.4. The van der Waals surface area contributed by atoms with Crippen molar-refractivity contribution >= 4 is 11.5 Å². The molecule has 0 radical (unpaired) electrons. The van der Waals surface area contributed by atoms with E-state index in [4.69, 9.17) is 4.74 Å². The van der Waals surface area contributed by atoms with Crippen molar-refractivity contribution in [1.29, 1.82) is 0 Å². The van der Waals surface area contributed by atoms with Crippen LogP contribution >= 0.6 is 0 Å². The van der Waals surface area contributed by atoms with E-state index in [0.717, 1.165) is 50.0 Å². The van der Waals surface area contributed by atoms with Crippen LogP contribution in [0.2, 0.25) is 0 Å². The Bertz CT molecular complexity index is 1200. The van der Waals surface area contributed by atoms with Crippen LogP contribution in [0.3, 0.4) is 0 Å². The Morgan fingerprint density at radius 1 is 1.14 bits per heavy atom. The molecule has 2 unspecified atom stereocenters. The molecule has 0 spiro atoms. The number of carbonyl (C=O) groups excluding carboxylic acids is 1. The molecule has 3 N–H and O–H groups in total. The standard InChI is InChI=1S/C29H32FN3O3/c1-36-24-12-14-33(15-13-24)18-19-2-9-23(10-3-19)31-17-27-26-16-21(20-4-7-22(30)8-5-20)6-11-25(26)28(34)32-29(27)35/h2-9,11,16-17,23-24,29,31,35H,10,12-15,18H2,1H3,(H,32,34)/b27-17-. The van der Waals surface area contributed by atoms with Gasteiger partial charge in [-0.25, -0.2) is 4.39 Å². The first-order valence-electron chi connectivity index (χ1n) is 12.5. The van der Waals surface area contributed by atoms with Crippen LogP contribution in [-0.2, 0) is 4.74 Å². The third kappa shape index (κ3) is 5.43.